The third-order valence-corrected chi connectivity index (χ3v) is 2.46. The van der Waals surface area contributed by atoms with Crippen LogP contribution in [-0.4, -0.2) is 24.0 Å². The topological polar surface area (TPSA) is 54.0 Å². The molecule has 1 heterocycles. The van der Waals surface area contributed by atoms with E-state index in [1.54, 1.807) is 0 Å². The van der Waals surface area contributed by atoms with E-state index < -0.39 is 5.82 Å². The van der Waals surface area contributed by atoms with Gasteiger partial charge in [-0.3, -0.25) is 9.78 Å². The summed E-state index contributed by atoms with van der Waals surface area (Å²) in [6, 6.07) is 1.44. The summed E-state index contributed by atoms with van der Waals surface area (Å²) in [7, 11) is 0. The summed E-state index contributed by atoms with van der Waals surface area (Å²) < 4.78 is 13.1. The van der Waals surface area contributed by atoms with Crippen molar-refractivity contribution in [1.29, 1.82) is 0 Å². The summed E-state index contributed by atoms with van der Waals surface area (Å²) in [5, 5.41) is 5.52. The molecule has 0 aromatic carbocycles. The Balaban J connectivity index is 1.75. The van der Waals surface area contributed by atoms with E-state index in [9.17, 15) is 9.18 Å². The highest BCUT2D eigenvalue weighted by atomic mass is 19.1. The third-order valence-electron chi connectivity index (χ3n) is 2.46. The number of hydrogen-bond acceptors (Lipinski definition) is 3. The average molecular weight is 223 g/mol. The van der Waals surface area contributed by atoms with Gasteiger partial charge in [0.1, 0.15) is 0 Å². The zero-order chi connectivity index (χ0) is 11.4. The van der Waals surface area contributed by atoms with Crippen molar-refractivity contribution in [2.45, 2.75) is 12.8 Å². The van der Waals surface area contributed by atoms with Gasteiger partial charge in [0.05, 0.1) is 18.4 Å². The minimum atomic E-state index is -0.516. The summed E-state index contributed by atoms with van der Waals surface area (Å²) in [4.78, 5) is 15.0. The molecule has 1 saturated carbocycles. The van der Waals surface area contributed by atoms with Crippen molar-refractivity contribution in [2.75, 3.05) is 18.4 Å². The second kappa shape index (κ2) is 5.03. The number of amides is 1. The highest BCUT2D eigenvalue weighted by Crippen LogP contribution is 2.27. The maximum Gasteiger partial charge on any atom is 0.238 e. The van der Waals surface area contributed by atoms with E-state index >= 15 is 0 Å². The SMILES string of the molecule is O=C(CNCC1CC1)Nc1ccncc1F. The molecule has 16 heavy (non-hydrogen) atoms. The monoisotopic (exact) mass is 223 g/mol. The van der Waals surface area contributed by atoms with Gasteiger partial charge in [-0.25, -0.2) is 4.39 Å². The lowest BCUT2D eigenvalue weighted by atomic mass is 10.3. The van der Waals surface area contributed by atoms with Crippen molar-refractivity contribution in [3.8, 4) is 0 Å². The summed E-state index contributed by atoms with van der Waals surface area (Å²) in [5.41, 5.74) is 0.174. The van der Waals surface area contributed by atoms with Crippen molar-refractivity contribution in [1.82, 2.24) is 10.3 Å². The Labute approximate surface area is 93.3 Å². The normalized spacial score (nSPS) is 14.8. The largest absolute Gasteiger partial charge is 0.322 e. The number of nitrogens with one attached hydrogen (secondary N) is 2. The molecule has 1 aliphatic carbocycles. The van der Waals surface area contributed by atoms with Crippen molar-refractivity contribution >= 4 is 11.6 Å². The minimum absolute atomic E-state index is 0.174. The van der Waals surface area contributed by atoms with Gasteiger partial charge in [0.2, 0.25) is 5.91 Å². The molecule has 4 nitrogen and oxygen atoms in total. The zero-order valence-corrected chi connectivity index (χ0v) is 8.87. The van der Waals surface area contributed by atoms with Crippen LogP contribution < -0.4 is 10.6 Å². The molecule has 0 radical (unpaired) electrons. The van der Waals surface area contributed by atoms with E-state index in [1.807, 2.05) is 0 Å². The molecule has 2 rings (SSSR count). The van der Waals surface area contributed by atoms with Gasteiger partial charge in [-0.15, -0.1) is 0 Å². The Bertz CT molecular complexity index is 379. The Morgan fingerprint density at radius 3 is 3.06 bits per heavy atom. The van der Waals surface area contributed by atoms with Crippen LogP contribution in [-0.2, 0) is 4.79 Å². The smallest absolute Gasteiger partial charge is 0.238 e. The molecule has 0 bridgehead atoms. The van der Waals surface area contributed by atoms with Crippen LogP contribution >= 0.6 is 0 Å². The Morgan fingerprint density at radius 1 is 1.56 bits per heavy atom. The van der Waals surface area contributed by atoms with Gasteiger partial charge in [-0.05, 0) is 31.4 Å². The first kappa shape index (κ1) is 11.0. The van der Waals surface area contributed by atoms with E-state index in [1.165, 1.54) is 25.1 Å². The first-order valence-corrected chi connectivity index (χ1v) is 5.36. The molecule has 1 aromatic heterocycles. The number of carbonyl (C=O) groups excluding carboxylic acids is 1. The van der Waals surface area contributed by atoms with E-state index in [0.29, 0.717) is 0 Å². The van der Waals surface area contributed by atoms with Crippen molar-refractivity contribution in [3.05, 3.63) is 24.3 Å². The molecule has 0 spiro atoms. The van der Waals surface area contributed by atoms with E-state index in [-0.39, 0.29) is 18.1 Å². The van der Waals surface area contributed by atoms with Crippen molar-refractivity contribution in [2.24, 2.45) is 5.92 Å². The summed E-state index contributed by atoms with van der Waals surface area (Å²) in [6.45, 7) is 1.09. The molecule has 0 unspecified atom stereocenters. The van der Waals surface area contributed by atoms with Gasteiger partial charge in [-0.1, -0.05) is 0 Å². The summed E-state index contributed by atoms with van der Waals surface area (Å²) >= 11 is 0. The fourth-order valence-electron chi connectivity index (χ4n) is 1.38. The highest BCUT2D eigenvalue weighted by Gasteiger charge is 2.20. The molecular weight excluding hydrogens is 209 g/mol. The van der Waals surface area contributed by atoms with Gasteiger partial charge in [0.15, 0.2) is 5.82 Å². The number of halogens is 1. The van der Waals surface area contributed by atoms with E-state index in [0.717, 1.165) is 18.7 Å². The molecular formula is C11H14FN3O. The Morgan fingerprint density at radius 2 is 2.38 bits per heavy atom. The molecule has 0 saturated heterocycles. The van der Waals surface area contributed by atoms with Gasteiger partial charge < -0.3 is 10.6 Å². The molecule has 2 N–H and O–H groups in total. The predicted octanol–water partition coefficient (Wildman–Crippen LogP) is 1.16. The molecule has 5 heteroatoms. The predicted molar refractivity (Wildman–Crippen MR) is 58.4 cm³/mol. The standard InChI is InChI=1S/C11H14FN3O/c12-9-6-13-4-3-10(9)15-11(16)7-14-5-8-1-2-8/h3-4,6,8,14H,1-2,5,7H2,(H,13,15,16). The van der Waals surface area contributed by atoms with Crippen LogP contribution in [0.3, 0.4) is 0 Å². The fraction of sp³-hybridized carbons (Fsp3) is 0.455. The number of pyridine rings is 1. The van der Waals surface area contributed by atoms with Crippen LogP contribution in [0.25, 0.3) is 0 Å². The summed E-state index contributed by atoms with van der Waals surface area (Å²) in [6.07, 6.45) is 5.00. The Kier molecular flexibility index (Phi) is 3.46. The second-order valence-corrected chi connectivity index (χ2v) is 3.98. The number of hydrogen-bond donors (Lipinski definition) is 2. The number of aromatic nitrogens is 1. The van der Waals surface area contributed by atoms with Gasteiger partial charge in [-0.2, -0.15) is 0 Å². The maximum atomic E-state index is 13.1. The van der Waals surface area contributed by atoms with E-state index in [2.05, 4.69) is 15.6 Å². The molecule has 1 amide bonds. The van der Waals surface area contributed by atoms with Crippen molar-refractivity contribution < 1.29 is 9.18 Å². The van der Waals surface area contributed by atoms with Crippen LogP contribution in [0.2, 0.25) is 0 Å². The lowest BCUT2D eigenvalue weighted by Crippen LogP contribution is -2.29. The summed E-state index contributed by atoms with van der Waals surface area (Å²) in [5.74, 6) is -0.0192. The second-order valence-electron chi connectivity index (χ2n) is 3.98. The minimum Gasteiger partial charge on any atom is -0.322 e. The highest BCUT2D eigenvalue weighted by molar-refractivity contribution is 5.92. The molecule has 0 aliphatic heterocycles. The number of rotatable bonds is 5. The average Bonchev–Trinajstić information content (AvgIpc) is 3.05. The lowest BCUT2D eigenvalue weighted by molar-refractivity contribution is -0.115. The van der Waals surface area contributed by atoms with Gasteiger partial charge >= 0.3 is 0 Å². The van der Waals surface area contributed by atoms with Crippen LogP contribution in [0.4, 0.5) is 10.1 Å². The lowest BCUT2D eigenvalue weighted by Gasteiger charge is -2.06. The van der Waals surface area contributed by atoms with E-state index in [4.69, 9.17) is 0 Å². The molecule has 1 fully saturated rings. The fourth-order valence-corrected chi connectivity index (χ4v) is 1.38. The zero-order valence-electron chi connectivity index (χ0n) is 8.87. The maximum absolute atomic E-state index is 13.1. The number of nitrogens with zero attached hydrogens (tertiary/aromatic N) is 1. The first-order valence-electron chi connectivity index (χ1n) is 5.36. The molecule has 1 aliphatic rings. The van der Waals surface area contributed by atoms with Crippen LogP contribution in [0, 0.1) is 11.7 Å². The van der Waals surface area contributed by atoms with Crippen LogP contribution in [0.15, 0.2) is 18.5 Å². The van der Waals surface area contributed by atoms with Gasteiger partial charge in [0, 0.05) is 6.20 Å². The van der Waals surface area contributed by atoms with Gasteiger partial charge in [0.25, 0.3) is 0 Å². The third kappa shape index (κ3) is 3.27. The first-order chi connectivity index (χ1) is 7.75. The Hall–Kier alpha value is -1.49. The molecule has 1 aromatic rings. The molecule has 0 atom stereocenters. The molecule has 86 valence electrons. The van der Waals surface area contributed by atoms with Crippen LogP contribution in [0.1, 0.15) is 12.8 Å². The quantitative estimate of drug-likeness (QED) is 0.787. The van der Waals surface area contributed by atoms with Crippen molar-refractivity contribution in [3.63, 3.8) is 0 Å². The number of anilines is 1. The van der Waals surface area contributed by atoms with Crippen LogP contribution in [0.5, 0.6) is 0 Å². The number of carbonyl (C=O) groups is 1.